The minimum atomic E-state index is -0.227. The molecule has 0 radical (unpaired) electrons. The summed E-state index contributed by atoms with van der Waals surface area (Å²) in [5.74, 6) is 2.45. The van der Waals surface area contributed by atoms with Crippen LogP contribution in [-0.4, -0.2) is 11.2 Å². The first-order chi connectivity index (χ1) is 5.77. The Bertz CT molecular complexity index is 282. The molecule has 3 aliphatic carbocycles. The van der Waals surface area contributed by atoms with E-state index in [9.17, 15) is 5.11 Å². The van der Waals surface area contributed by atoms with Crippen LogP contribution in [0.15, 0.2) is 22.7 Å². The van der Waals surface area contributed by atoms with E-state index in [2.05, 4.69) is 34.2 Å². The van der Waals surface area contributed by atoms with Gasteiger partial charge in [0, 0.05) is 10.4 Å². The van der Waals surface area contributed by atoms with Crippen LogP contribution in [0.25, 0.3) is 0 Å². The number of aliphatic hydroxyl groups is 1. The van der Waals surface area contributed by atoms with Crippen molar-refractivity contribution in [2.75, 3.05) is 0 Å². The van der Waals surface area contributed by atoms with E-state index in [0.29, 0.717) is 23.7 Å². The van der Waals surface area contributed by atoms with Gasteiger partial charge in [-0.05, 0) is 24.2 Å². The predicted octanol–water partition coefficient (Wildman–Crippen LogP) is 2.08. The van der Waals surface area contributed by atoms with Gasteiger partial charge in [-0.2, -0.15) is 0 Å². The second kappa shape index (κ2) is 2.24. The fourth-order valence-corrected chi connectivity index (χ4v) is 3.65. The molecule has 0 saturated heterocycles. The summed E-state index contributed by atoms with van der Waals surface area (Å²) in [5.41, 5.74) is 0. The summed E-state index contributed by atoms with van der Waals surface area (Å²) < 4.78 is 1.01. The molecule has 0 aliphatic heterocycles. The average Bonchev–Trinajstić information content (AvgIpc) is 2.66. The molecular formula is C10H11BrO. The topological polar surface area (TPSA) is 20.2 Å². The molecule has 0 aromatic rings. The molecule has 0 aromatic heterocycles. The maximum Gasteiger partial charge on any atom is 0.0891 e. The van der Waals surface area contributed by atoms with Crippen molar-refractivity contribution in [1.82, 2.24) is 0 Å². The third-order valence-corrected chi connectivity index (χ3v) is 4.32. The fourth-order valence-electron chi connectivity index (χ4n) is 3.04. The first kappa shape index (κ1) is 7.34. The number of hydrogen-bond donors (Lipinski definition) is 1. The van der Waals surface area contributed by atoms with Crippen molar-refractivity contribution in [1.29, 1.82) is 0 Å². The molecule has 1 nitrogen and oxygen atoms in total. The molecule has 64 valence electrons. The third-order valence-electron chi connectivity index (χ3n) is 3.58. The Morgan fingerprint density at radius 3 is 2.83 bits per heavy atom. The molecule has 0 unspecified atom stereocenters. The van der Waals surface area contributed by atoms with Gasteiger partial charge in [-0.3, -0.25) is 0 Å². The lowest BCUT2D eigenvalue weighted by Gasteiger charge is -2.22. The van der Waals surface area contributed by atoms with Crippen LogP contribution in [-0.2, 0) is 0 Å². The normalized spacial score (nSPS) is 54.5. The molecule has 1 fully saturated rings. The molecule has 0 amide bonds. The fraction of sp³-hybridized carbons (Fsp3) is 0.600. The Kier molecular flexibility index (Phi) is 1.37. The first-order valence-electron chi connectivity index (χ1n) is 4.51. The van der Waals surface area contributed by atoms with Crippen molar-refractivity contribution in [2.24, 2.45) is 23.7 Å². The molecule has 1 saturated carbocycles. The van der Waals surface area contributed by atoms with E-state index in [1.54, 1.807) is 0 Å². The largest absolute Gasteiger partial charge is 0.388 e. The van der Waals surface area contributed by atoms with Gasteiger partial charge >= 0.3 is 0 Å². The summed E-state index contributed by atoms with van der Waals surface area (Å²) in [4.78, 5) is 0. The summed E-state index contributed by atoms with van der Waals surface area (Å²) in [5, 5.41) is 9.84. The second-order valence-electron chi connectivity index (χ2n) is 4.10. The van der Waals surface area contributed by atoms with E-state index < -0.39 is 0 Å². The summed E-state index contributed by atoms with van der Waals surface area (Å²) in [6.07, 6.45) is 7.86. The van der Waals surface area contributed by atoms with Gasteiger partial charge in [0.15, 0.2) is 0 Å². The number of hydrogen-bond acceptors (Lipinski definition) is 1. The van der Waals surface area contributed by atoms with Crippen molar-refractivity contribution in [2.45, 2.75) is 12.5 Å². The highest BCUT2D eigenvalue weighted by Gasteiger charge is 2.50. The number of halogens is 1. The zero-order chi connectivity index (χ0) is 8.29. The first-order valence-corrected chi connectivity index (χ1v) is 5.30. The second-order valence-corrected chi connectivity index (χ2v) is 5.02. The van der Waals surface area contributed by atoms with E-state index in [0.717, 1.165) is 4.48 Å². The number of aliphatic hydroxyl groups excluding tert-OH is 1. The lowest BCUT2D eigenvalue weighted by molar-refractivity contribution is 0.130. The number of rotatable bonds is 0. The molecule has 2 bridgehead atoms. The SMILES string of the molecule is O[C@@H]1C(Br)=C[C@@H]2[C@H]1[C@H]1C=C[C@H]2C1. The van der Waals surface area contributed by atoms with Crippen molar-refractivity contribution in [3.05, 3.63) is 22.7 Å². The summed E-state index contributed by atoms with van der Waals surface area (Å²) in [7, 11) is 0. The Morgan fingerprint density at radius 1 is 1.33 bits per heavy atom. The molecule has 2 heteroatoms. The Hall–Kier alpha value is -0.0800. The smallest absolute Gasteiger partial charge is 0.0891 e. The van der Waals surface area contributed by atoms with Gasteiger partial charge in [-0.25, -0.2) is 0 Å². The lowest BCUT2D eigenvalue weighted by atomic mass is 9.84. The highest BCUT2D eigenvalue weighted by Crippen LogP contribution is 2.55. The molecule has 0 aromatic carbocycles. The van der Waals surface area contributed by atoms with Gasteiger partial charge in [0.1, 0.15) is 0 Å². The predicted molar refractivity (Wildman–Crippen MR) is 50.7 cm³/mol. The molecule has 0 heterocycles. The van der Waals surface area contributed by atoms with Gasteiger partial charge in [0.2, 0.25) is 0 Å². The Balaban J connectivity index is 2.01. The van der Waals surface area contributed by atoms with Gasteiger partial charge < -0.3 is 5.11 Å². The van der Waals surface area contributed by atoms with Crippen LogP contribution in [0.3, 0.4) is 0 Å². The van der Waals surface area contributed by atoms with Gasteiger partial charge in [-0.1, -0.05) is 34.2 Å². The lowest BCUT2D eigenvalue weighted by Crippen LogP contribution is -2.24. The monoisotopic (exact) mass is 226 g/mol. The van der Waals surface area contributed by atoms with Crippen molar-refractivity contribution in [3.8, 4) is 0 Å². The number of allylic oxidation sites excluding steroid dienone is 3. The van der Waals surface area contributed by atoms with Gasteiger partial charge in [-0.15, -0.1) is 0 Å². The molecule has 3 rings (SSSR count). The van der Waals surface area contributed by atoms with Crippen LogP contribution >= 0.6 is 15.9 Å². The van der Waals surface area contributed by atoms with E-state index in [1.165, 1.54) is 6.42 Å². The zero-order valence-electron chi connectivity index (χ0n) is 6.65. The quantitative estimate of drug-likeness (QED) is 0.628. The van der Waals surface area contributed by atoms with Crippen LogP contribution in [0.5, 0.6) is 0 Å². The number of fused-ring (bicyclic) bond motifs is 5. The standard InChI is InChI=1S/C10H11BrO/c11-8-4-7-5-1-2-6(3-5)9(7)10(8)12/h1-2,4-7,9-10,12H,3H2/t5-,6-,7-,9+,10+/m0/s1. The highest BCUT2D eigenvalue weighted by atomic mass is 79.9. The Morgan fingerprint density at radius 2 is 2.08 bits per heavy atom. The van der Waals surface area contributed by atoms with Crippen LogP contribution < -0.4 is 0 Å². The van der Waals surface area contributed by atoms with Crippen molar-refractivity contribution >= 4 is 15.9 Å². The van der Waals surface area contributed by atoms with Crippen LogP contribution in [0.2, 0.25) is 0 Å². The van der Waals surface area contributed by atoms with Crippen molar-refractivity contribution in [3.63, 3.8) is 0 Å². The van der Waals surface area contributed by atoms with E-state index in [4.69, 9.17) is 0 Å². The molecule has 5 atom stereocenters. The molecule has 3 aliphatic rings. The highest BCUT2D eigenvalue weighted by molar-refractivity contribution is 9.11. The average molecular weight is 227 g/mol. The Labute approximate surface area is 80.3 Å². The maximum atomic E-state index is 9.84. The van der Waals surface area contributed by atoms with E-state index in [1.807, 2.05) is 0 Å². The minimum absolute atomic E-state index is 0.227. The van der Waals surface area contributed by atoms with Crippen LogP contribution in [0.1, 0.15) is 6.42 Å². The van der Waals surface area contributed by atoms with Crippen molar-refractivity contribution < 1.29 is 5.11 Å². The third kappa shape index (κ3) is 0.728. The van der Waals surface area contributed by atoms with E-state index >= 15 is 0 Å². The molecule has 1 N–H and O–H groups in total. The summed E-state index contributed by atoms with van der Waals surface area (Å²) in [6.45, 7) is 0. The van der Waals surface area contributed by atoms with E-state index in [-0.39, 0.29) is 6.10 Å². The molecular weight excluding hydrogens is 216 g/mol. The van der Waals surface area contributed by atoms with Gasteiger partial charge in [0.25, 0.3) is 0 Å². The maximum absolute atomic E-state index is 9.84. The van der Waals surface area contributed by atoms with Gasteiger partial charge in [0.05, 0.1) is 6.10 Å². The molecule has 12 heavy (non-hydrogen) atoms. The molecule has 0 spiro atoms. The van der Waals surface area contributed by atoms with Crippen LogP contribution in [0, 0.1) is 23.7 Å². The minimum Gasteiger partial charge on any atom is -0.388 e. The summed E-state index contributed by atoms with van der Waals surface area (Å²) >= 11 is 3.43. The summed E-state index contributed by atoms with van der Waals surface area (Å²) in [6, 6.07) is 0. The van der Waals surface area contributed by atoms with Crippen LogP contribution in [0.4, 0.5) is 0 Å². The zero-order valence-corrected chi connectivity index (χ0v) is 8.24.